The van der Waals surface area contributed by atoms with Crippen molar-refractivity contribution in [2.75, 3.05) is 20.1 Å². The van der Waals surface area contributed by atoms with Gasteiger partial charge in [0.2, 0.25) is 0 Å². The number of carboxylic acids is 2. The van der Waals surface area contributed by atoms with Crippen LogP contribution < -0.4 is 10.6 Å². The topological polar surface area (TPSA) is 119 Å². The van der Waals surface area contributed by atoms with E-state index in [0.717, 1.165) is 13.0 Å². The van der Waals surface area contributed by atoms with Gasteiger partial charge in [0.15, 0.2) is 0 Å². The van der Waals surface area contributed by atoms with E-state index in [1.54, 1.807) is 0 Å². The quantitative estimate of drug-likeness (QED) is 0.498. The Hall–Kier alpha value is -1.83. The van der Waals surface area contributed by atoms with Crippen molar-refractivity contribution in [2.24, 2.45) is 0 Å². The van der Waals surface area contributed by atoms with E-state index in [0.29, 0.717) is 6.54 Å². The molecule has 1 saturated heterocycles. The Kier molecular flexibility index (Phi) is 4.90. The van der Waals surface area contributed by atoms with Crippen molar-refractivity contribution in [1.29, 1.82) is 0 Å². The van der Waals surface area contributed by atoms with E-state index in [1.807, 2.05) is 11.9 Å². The van der Waals surface area contributed by atoms with Gasteiger partial charge in [0.05, 0.1) is 6.42 Å². The molecule has 1 rings (SSSR count). The molecule has 1 unspecified atom stereocenters. The molecule has 1 aliphatic rings. The number of urea groups is 1. The maximum atomic E-state index is 11.5. The molecule has 0 spiro atoms. The van der Waals surface area contributed by atoms with Gasteiger partial charge in [0.1, 0.15) is 6.04 Å². The summed E-state index contributed by atoms with van der Waals surface area (Å²) in [6.45, 7) is 1.56. The third-order valence-corrected chi connectivity index (χ3v) is 2.71. The molecule has 8 heteroatoms. The monoisotopic (exact) mass is 259 g/mol. The summed E-state index contributed by atoms with van der Waals surface area (Å²) in [6, 6.07) is -2.10. The number of nitrogens with zero attached hydrogens (tertiary/aromatic N) is 1. The molecule has 0 aromatic carbocycles. The van der Waals surface area contributed by atoms with Crippen LogP contribution in [0.15, 0.2) is 0 Å². The van der Waals surface area contributed by atoms with Crippen LogP contribution in [0.5, 0.6) is 0 Å². The van der Waals surface area contributed by atoms with Crippen LogP contribution >= 0.6 is 0 Å². The molecule has 18 heavy (non-hydrogen) atoms. The smallest absolute Gasteiger partial charge is 0.326 e. The fourth-order valence-corrected chi connectivity index (χ4v) is 1.81. The van der Waals surface area contributed by atoms with Crippen molar-refractivity contribution >= 4 is 18.0 Å². The maximum Gasteiger partial charge on any atom is 0.326 e. The number of likely N-dealkylation sites (tertiary alicyclic amines) is 1. The molecular formula is C10H17N3O5. The molecule has 4 N–H and O–H groups in total. The average Bonchev–Trinajstić information content (AvgIpc) is 2.62. The Balaban J connectivity index is 2.41. The summed E-state index contributed by atoms with van der Waals surface area (Å²) in [5.74, 6) is -2.64. The SMILES string of the molecule is CN1CCC(NC(=O)N[C@H](CC(=O)O)C(=O)O)C1. The Bertz CT molecular complexity index is 346. The Morgan fingerprint density at radius 2 is 2.06 bits per heavy atom. The van der Waals surface area contributed by atoms with Crippen molar-refractivity contribution in [1.82, 2.24) is 15.5 Å². The normalized spacial score (nSPS) is 21.3. The first kappa shape index (κ1) is 14.2. The number of carboxylic acid groups (broad SMARTS) is 2. The lowest BCUT2D eigenvalue weighted by molar-refractivity contribution is -0.145. The van der Waals surface area contributed by atoms with Crippen LogP contribution in [0.1, 0.15) is 12.8 Å². The van der Waals surface area contributed by atoms with E-state index in [-0.39, 0.29) is 6.04 Å². The average molecular weight is 259 g/mol. The second kappa shape index (κ2) is 6.20. The molecule has 0 aliphatic carbocycles. The van der Waals surface area contributed by atoms with Crippen LogP contribution in [0.3, 0.4) is 0 Å². The molecule has 102 valence electrons. The Morgan fingerprint density at radius 3 is 2.50 bits per heavy atom. The second-order valence-electron chi connectivity index (χ2n) is 4.35. The first-order valence-electron chi connectivity index (χ1n) is 5.58. The molecule has 2 amide bonds. The summed E-state index contributed by atoms with van der Waals surface area (Å²) in [6.07, 6.45) is 0.147. The van der Waals surface area contributed by atoms with Gasteiger partial charge in [-0.25, -0.2) is 9.59 Å². The second-order valence-corrected chi connectivity index (χ2v) is 4.35. The van der Waals surface area contributed by atoms with Crippen molar-refractivity contribution < 1.29 is 24.6 Å². The van der Waals surface area contributed by atoms with E-state index in [2.05, 4.69) is 10.6 Å². The fraction of sp³-hybridized carbons (Fsp3) is 0.700. The molecule has 0 saturated carbocycles. The molecule has 0 radical (unpaired) electrons. The van der Waals surface area contributed by atoms with Crippen LogP contribution in [0.4, 0.5) is 4.79 Å². The summed E-state index contributed by atoms with van der Waals surface area (Å²) < 4.78 is 0. The van der Waals surface area contributed by atoms with E-state index in [1.165, 1.54) is 0 Å². The number of carbonyl (C=O) groups is 3. The van der Waals surface area contributed by atoms with Gasteiger partial charge in [-0.3, -0.25) is 4.79 Å². The highest BCUT2D eigenvalue weighted by molar-refractivity contribution is 5.86. The summed E-state index contributed by atoms with van der Waals surface area (Å²) in [4.78, 5) is 34.7. The molecular weight excluding hydrogens is 242 g/mol. The standard InChI is InChI=1S/C10H17N3O5/c1-13-3-2-6(5-13)11-10(18)12-7(9(16)17)4-8(14)15/h6-7H,2-5H2,1H3,(H,14,15)(H,16,17)(H2,11,12,18)/t6?,7-/m1/s1. The zero-order chi connectivity index (χ0) is 13.7. The van der Waals surface area contributed by atoms with E-state index in [9.17, 15) is 14.4 Å². The minimum absolute atomic E-state index is 0.0331. The highest BCUT2D eigenvalue weighted by Crippen LogP contribution is 2.05. The number of aliphatic carboxylic acids is 2. The lowest BCUT2D eigenvalue weighted by Crippen LogP contribution is -2.50. The first-order chi connectivity index (χ1) is 8.38. The highest BCUT2D eigenvalue weighted by atomic mass is 16.4. The Labute approximate surface area is 104 Å². The van der Waals surface area contributed by atoms with Crippen LogP contribution in [-0.2, 0) is 9.59 Å². The number of rotatable bonds is 5. The molecule has 2 atom stereocenters. The van der Waals surface area contributed by atoms with Crippen LogP contribution in [0, 0.1) is 0 Å². The third kappa shape index (κ3) is 4.58. The third-order valence-electron chi connectivity index (χ3n) is 2.71. The van der Waals surface area contributed by atoms with E-state index in [4.69, 9.17) is 10.2 Å². The molecule has 0 bridgehead atoms. The van der Waals surface area contributed by atoms with Crippen LogP contribution in [0.2, 0.25) is 0 Å². The number of likely N-dealkylation sites (N-methyl/N-ethyl adjacent to an activating group) is 1. The minimum atomic E-state index is -1.42. The zero-order valence-electron chi connectivity index (χ0n) is 10.0. The Morgan fingerprint density at radius 1 is 1.39 bits per heavy atom. The zero-order valence-corrected chi connectivity index (χ0v) is 10.0. The minimum Gasteiger partial charge on any atom is -0.481 e. The summed E-state index contributed by atoms with van der Waals surface area (Å²) in [7, 11) is 1.92. The predicted octanol–water partition coefficient (Wildman–Crippen LogP) is -1.08. The van der Waals surface area contributed by atoms with Gasteiger partial charge in [-0.1, -0.05) is 0 Å². The van der Waals surface area contributed by atoms with Gasteiger partial charge in [0, 0.05) is 12.6 Å². The molecule has 1 fully saturated rings. The van der Waals surface area contributed by atoms with Gasteiger partial charge in [-0.05, 0) is 20.0 Å². The molecule has 0 aromatic rings. The lowest BCUT2D eigenvalue weighted by atomic mass is 10.2. The molecule has 1 aliphatic heterocycles. The summed E-state index contributed by atoms with van der Waals surface area (Å²) in [5.41, 5.74) is 0. The number of amides is 2. The molecule has 0 aromatic heterocycles. The van der Waals surface area contributed by atoms with E-state index >= 15 is 0 Å². The summed E-state index contributed by atoms with van der Waals surface area (Å²) in [5, 5.41) is 22.0. The highest BCUT2D eigenvalue weighted by Gasteiger charge is 2.25. The maximum absolute atomic E-state index is 11.5. The fourth-order valence-electron chi connectivity index (χ4n) is 1.81. The number of hydrogen-bond donors (Lipinski definition) is 4. The number of nitrogens with one attached hydrogen (secondary N) is 2. The van der Waals surface area contributed by atoms with Gasteiger partial charge in [0.25, 0.3) is 0 Å². The van der Waals surface area contributed by atoms with Gasteiger partial charge in [-0.15, -0.1) is 0 Å². The van der Waals surface area contributed by atoms with Crippen molar-refractivity contribution in [3.63, 3.8) is 0 Å². The van der Waals surface area contributed by atoms with E-state index < -0.39 is 30.4 Å². The largest absolute Gasteiger partial charge is 0.481 e. The van der Waals surface area contributed by atoms with Crippen molar-refractivity contribution in [3.05, 3.63) is 0 Å². The summed E-state index contributed by atoms with van der Waals surface area (Å²) >= 11 is 0. The van der Waals surface area contributed by atoms with Gasteiger partial charge in [-0.2, -0.15) is 0 Å². The molecule has 8 nitrogen and oxygen atoms in total. The van der Waals surface area contributed by atoms with Gasteiger partial charge < -0.3 is 25.7 Å². The predicted molar refractivity (Wildman–Crippen MR) is 61.2 cm³/mol. The number of carbonyl (C=O) groups excluding carboxylic acids is 1. The van der Waals surface area contributed by atoms with Crippen LogP contribution in [-0.4, -0.2) is 65.3 Å². The van der Waals surface area contributed by atoms with Crippen molar-refractivity contribution in [3.8, 4) is 0 Å². The molecule has 1 heterocycles. The van der Waals surface area contributed by atoms with Gasteiger partial charge >= 0.3 is 18.0 Å². The van der Waals surface area contributed by atoms with Crippen molar-refractivity contribution in [2.45, 2.75) is 24.9 Å². The first-order valence-corrected chi connectivity index (χ1v) is 5.58. The number of hydrogen-bond acceptors (Lipinski definition) is 4. The van der Waals surface area contributed by atoms with Crippen LogP contribution in [0.25, 0.3) is 0 Å². The lowest BCUT2D eigenvalue weighted by Gasteiger charge is -2.16.